The molecule has 21 heavy (non-hydrogen) atoms. The third kappa shape index (κ3) is 4.00. The molecule has 0 aliphatic carbocycles. The van der Waals surface area contributed by atoms with Gasteiger partial charge in [-0.3, -0.25) is 0 Å². The Labute approximate surface area is 133 Å². The van der Waals surface area contributed by atoms with Gasteiger partial charge in [0.2, 0.25) is 0 Å². The number of thiol groups is 1. The van der Waals surface area contributed by atoms with Gasteiger partial charge in [-0.2, -0.15) is 12.6 Å². The number of hydrogen-bond acceptors (Lipinski definition) is 7. The van der Waals surface area contributed by atoms with Gasteiger partial charge in [-0.15, -0.1) is 0 Å². The minimum atomic E-state index is 0.0213. The highest BCUT2D eigenvalue weighted by molar-refractivity contribution is 7.80. The summed E-state index contributed by atoms with van der Waals surface area (Å²) in [6.45, 7) is 4.12. The Morgan fingerprint density at radius 2 is 2.14 bits per heavy atom. The fourth-order valence-corrected chi connectivity index (χ4v) is 2.48. The van der Waals surface area contributed by atoms with E-state index in [2.05, 4.69) is 12.6 Å². The van der Waals surface area contributed by atoms with Gasteiger partial charge in [0.1, 0.15) is 0 Å². The molecule has 2 aromatic heterocycles. The molecule has 0 unspecified atom stereocenters. The maximum Gasteiger partial charge on any atom is 0.197 e. The number of rotatable bonds is 8. The lowest BCUT2D eigenvalue weighted by Crippen LogP contribution is -2.29. The van der Waals surface area contributed by atoms with Crippen molar-refractivity contribution in [2.75, 3.05) is 43.6 Å². The Hall–Kier alpha value is -1.02. The summed E-state index contributed by atoms with van der Waals surface area (Å²) in [5.74, 6) is 1.36. The van der Waals surface area contributed by atoms with Crippen molar-refractivity contribution in [2.24, 2.45) is 0 Å². The molecule has 0 saturated heterocycles. The van der Waals surface area contributed by atoms with Crippen LogP contribution in [0.2, 0.25) is 0 Å². The molecule has 0 atom stereocenters. The van der Waals surface area contributed by atoms with Gasteiger partial charge in [-0.05, 0) is 6.92 Å². The van der Waals surface area contributed by atoms with Crippen molar-refractivity contribution in [3.8, 4) is 0 Å². The highest BCUT2D eigenvalue weighted by Gasteiger charge is 2.13. The van der Waals surface area contributed by atoms with Crippen LogP contribution in [0.3, 0.4) is 0 Å². The summed E-state index contributed by atoms with van der Waals surface area (Å²) >= 11 is 9.62. The normalized spacial score (nSPS) is 11.2. The van der Waals surface area contributed by atoms with Crippen LogP contribution in [0.5, 0.6) is 0 Å². The van der Waals surface area contributed by atoms with Crippen LogP contribution in [-0.4, -0.2) is 43.8 Å². The fourth-order valence-electron chi connectivity index (χ4n) is 1.99. The summed E-state index contributed by atoms with van der Waals surface area (Å²) in [7, 11) is 0. The van der Waals surface area contributed by atoms with Crippen LogP contribution in [0.1, 0.15) is 5.56 Å². The van der Waals surface area contributed by atoms with Gasteiger partial charge in [-0.25, -0.2) is 0 Å². The Bertz CT molecular complexity index is 637. The summed E-state index contributed by atoms with van der Waals surface area (Å²) in [5, 5.41) is 8.72. The topological polar surface area (TPSA) is 59.0 Å². The molecule has 0 aliphatic heterocycles. The number of furan rings is 1. The Morgan fingerprint density at radius 3 is 2.86 bits per heavy atom. The molecule has 2 rings (SSSR count). The lowest BCUT2D eigenvalue weighted by atomic mass is 10.3. The molecule has 0 aliphatic rings. The van der Waals surface area contributed by atoms with E-state index >= 15 is 0 Å². The first-order chi connectivity index (χ1) is 10.2. The lowest BCUT2D eigenvalue weighted by molar-refractivity contribution is 0.0964. The van der Waals surface area contributed by atoms with E-state index in [1.807, 2.05) is 11.8 Å². The van der Waals surface area contributed by atoms with Crippen LogP contribution in [-0.2, 0) is 4.74 Å². The molecule has 0 saturated carbocycles. The smallest absolute Gasteiger partial charge is 0.197 e. The summed E-state index contributed by atoms with van der Waals surface area (Å²) < 4.78 is 17.2. The summed E-state index contributed by atoms with van der Waals surface area (Å²) in [6, 6.07) is 1.79. The Balaban J connectivity index is 2.22. The number of aryl methyl sites for hydroxylation is 1. The molecule has 5 nitrogen and oxygen atoms in total. The van der Waals surface area contributed by atoms with E-state index in [1.54, 1.807) is 12.3 Å². The van der Waals surface area contributed by atoms with E-state index in [4.69, 9.17) is 30.9 Å². The summed E-state index contributed by atoms with van der Waals surface area (Å²) in [5.41, 5.74) is 2.20. The largest absolute Gasteiger partial charge is 0.459 e. The predicted molar refractivity (Wildman–Crippen MR) is 88.0 cm³/mol. The molecular weight excluding hydrogens is 310 g/mol. The van der Waals surface area contributed by atoms with Crippen LogP contribution < -0.4 is 4.90 Å². The first-order valence-electron chi connectivity index (χ1n) is 6.73. The highest BCUT2D eigenvalue weighted by Crippen LogP contribution is 2.27. The standard InChI is InChI=1S/C14H19NO4S2/c1-10-9-18-14-11(21)8-12(19-13(10)14)15(3-7-20)2-5-17-6-4-16/h8-9,16,20H,2-7H2,1H3. The SMILES string of the molecule is Cc1coc2c(=S)cc(N(CCS)CCOCCO)oc12. The molecule has 0 bridgehead atoms. The number of aliphatic hydroxyl groups excluding tert-OH is 1. The third-order valence-corrected chi connectivity index (χ3v) is 3.53. The fraction of sp³-hybridized carbons (Fsp3) is 0.500. The molecule has 0 fully saturated rings. The molecule has 0 radical (unpaired) electrons. The van der Waals surface area contributed by atoms with Gasteiger partial charge in [0, 0.05) is 30.5 Å². The number of nitrogens with zero attached hydrogens (tertiary/aromatic N) is 1. The number of aliphatic hydroxyl groups is 1. The van der Waals surface area contributed by atoms with Gasteiger partial charge >= 0.3 is 0 Å². The molecule has 1 N–H and O–H groups in total. The van der Waals surface area contributed by atoms with Crippen LogP contribution in [0, 0.1) is 11.4 Å². The van der Waals surface area contributed by atoms with Gasteiger partial charge in [0.15, 0.2) is 17.1 Å². The van der Waals surface area contributed by atoms with E-state index in [0.29, 0.717) is 53.6 Å². The Morgan fingerprint density at radius 1 is 1.33 bits per heavy atom. The zero-order valence-electron chi connectivity index (χ0n) is 11.9. The quantitative estimate of drug-likeness (QED) is 0.441. The van der Waals surface area contributed by atoms with Crippen molar-refractivity contribution in [1.82, 2.24) is 0 Å². The second-order valence-corrected chi connectivity index (χ2v) is 5.46. The van der Waals surface area contributed by atoms with E-state index < -0.39 is 0 Å². The molecule has 2 aromatic rings. The molecule has 7 heteroatoms. The van der Waals surface area contributed by atoms with Crippen molar-refractivity contribution >= 4 is 41.9 Å². The predicted octanol–water partition coefficient (Wildman–Crippen LogP) is 2.81. The number of ether oxygens (including phenoxy) is 1. The molecule has 0 spiro atoms. The van der Waals surface area contributed by atoms with Crippen molar-refractivity contribution < 1.29 is 18.7 Å². The van der Waals surface area contributed by atoms with E-state index in [1.165, 1.54) is 0 Å². The van der Waals surface area contributed by atoms with Crippen LogP contribution >= 0.6 is 24.8 Å². The first kappa shape index (κ1) is 16.4. The monoisotopic (exact) mass is 329 g/mol. The van der Waals surface area contributed by atoms with Gasteiger partial charge in [0.05, 0.1) is 30.6 Å². The van der Waals surface area contributed by atoms with Crippen molar-refractivity contribution in [1.29, 1.82) is 0 Å². The zero-order valence-corrected chi connectivity index (χ0v) is 13.6. The molecule has 0 aromatic carbocycles. The Kier molecular flexibility index (Phi) is 6.10. The van der Waals surface area contributed by atoms with Gasteiger partial charge in [0.25, 0.3) is 0 Å². The molecule has 2 heterocycles. The maximum absolute atomic E-state index is 8.72. The average molecular weight is 329 g/mol. The van der Waals surface area contributed by atoms with E-state index in [9.17, 15) is 0 Å². The van der Waals surface area contributed by atoms with Gasteiger partial charge in [-0.1, -0.05) is 12.2 Å². The zero-order chi connectivity index (χ0) is 15.2. The minimum Gasteiger partial charge on any atom is -0.459 e. The van der Waals surface area contributed by atoms with Crippen molar-refractivity contribution in [3.05, 3.63) is 22.4 Å². The second-order valence-electron chi connectivity index (χ2n) is 4.57. The first-order valence-corrected chi connectivity index (χ1v) is 7.77. The molecule has 0 amide bonds. The maximum atomic E-state index is 8.72. The van der Waals surface area contributed by atoms with E-state index in [-0.39, 0.29) is 6.61 Å². The van der Waals surface area contributed by atoms with Crippen molar-refractivity contribution in [3.63, 3.8) is 0 Å². The van der Waals surface area contributed by atoms with E-state index in [0.717, 1.165) is 5.56 Å². The minimum absolute atomic E-state index is 0.0213. The summed E-state index contributed by atoms with van der Waals surface area (Å²) in [4.78, 5) is 2.02. The average Bonchev–Trinajstić information content (AvgIpc) is 2.84. The number of fused-ring (bicyclic) bond motifs is 1. The number of anilines is 1. The van der Waals surface area contributed by atoms with Crippen LogP contribution in [0.25, 0.3) is 11.2 Å². The lowest BCUT2D eigenvalue weighted by Gasteiger charge is -2.22. The van der Waals surface area contributed by atoms with Crippen LogP contribution in [0.15, 0.2) is 21.2 Å². The summed E-state index contributed by atoms with van der Waals surface area (Å²) in [6.07, 6.45) is 1.64. The second kappa shape index (κ2) is 7.84. The van der Waals surface area contributed by atoms with Crippen molar-refractivity contribution in [2.45, 2.75) is 6.92 Å². The molecule has 116 valence electrons. The molecular formula is C14H19NO4S2. The van der Waals surface area contributed by atoms with Gasteiger partial charge < -0.3 is 23.6 Å². The highest BCUT2D eigenvalue weighted by atomic mass is 32.1. The number of hydrogen-bond donors (Lipinski definition) is 2. The van der Waals surface area contributed by atoms with Crippen LogP contribution in [0.4, 0.5) is 5.88 Å². The third-order valence-electron chi connectivity index (χ3n) is 3.03.